The summed E-state index contributed by atoms with van der Waals surface area (Å²) in [5, 5.41) is 3.38. The Morgan fingerprint density at radius 2 is 1.88 bits per heavy atom. The van der Waals surface area contributed by atoms with Gasteiger partial charge in [-0.2, -0.15) is 0 Å². The fourth-order valence-electron chi connectivity index (χ4n) is 1.64. The van der Waals surface area contributed by atoms with E-state index in [1.165, 1.54) is 0 Å². The minimum atomic E-state index is -0.000810. The van der Waals surface area contributed by atoms with Crippen LogP contribution in [0.4, 0.5) is 0 Å². The molecule has 1 aromatic carbocycles. The first-order chi connectivity index (χ1) is 7.45. The third kappa shape index (κ3) is 3.63. The molecule has 88 valence electrons. The molecular formula is C13H18BrNO. The van der Waals surface area contributed by atoms with Crippen LogP contribution in [0.3, 0.4) is 0 Å². The van der Waals surface area contributed by atoms with Gasteiger partial charge in [0.05, 0.1) is 11.4 Å². The van der Waals surface area contributed by atoms with E-state index >= 15 is 0 Å². The molecule has 1 aromatic rings. The Balaban J connectivity index is 2.93. The predicted octanol–water partition coefficient (Wildman–Crippen LogP) is 3.28. The van der Waals surface area contributed by atoms with Crippen molar-refractivity contribution in [1.29, 1.82) is 0 Å². The highest BCUT2D eigenvalue weighted by Gasteiger charge is 2.27. The van der Waals surface area contributed by atoms with E-state index < -0.39 is 0 Å². The summed E-state index contributed by atoms with van der Waals surface area (Å²) in [5.41, 5.74) is 1.14. The summed E-state index contributed by atoms with van der Waals surface area (Å²) in [6.07, 6.45) is 0. The summed E-state index contributed by atoms with van der Waals surface area (Å²) >= 11 is 3.17. The summed E-state index contributed by atoms with van der Waals surface area (Å²) in [6.45, 7) is 6.37. The molecule has 1 amide bonds. The van der Waals surface area contributed by atoms with Crippen molar-refractivity contribution < 1.29 is 4.79 Å². The second-order valence-electron chi connectivity index (χ2n) is 4.91. The maximum Gasteiger partial charge on any atom is 0.231 e. The van der Waals surface area contributed by atoms with Crippen LogP contribution in [-0.2, 0) is 4.79 Å². The normalized spacial score (nSPS) is 13.2. The number of carbonyl (C=O) groups excluding carboxylic acids is 1. The standard InChI is InChI=1S/C13H18BrNO/c1-13(2,3)12(15-11(16)9-14)10-7-5-4-6-8-10/h4-8,12H,9H2,1-3H3,(H,15,16)/t12-/m1/s1. The van der Waals surface area contributed by atoms with E-state index in [4.69, 9.17) is 0 Å². The Kier molecular flexibility index (Phi) is 4.54. The quantitative estimate of drug-likeness (QED) is 0.848. The molecule has 0 aliphatic carbocycles. The first kappa shape index (κ1) is 13.2. The van der Waals surface area contributed by atoms with Gasteiger partial charge in [0.1, 0.15) is 0 Å². The first-order valence-corrected chi connectivity index (χ1v) is 6.47. The molecular weight excluding hydrogens is 266 g/mol. The molecule has 0 unspecified atom stereocenters. The van der Waals surface area contributed by atoms with Crippen molar-refractivity contribution in [3.63, 3.8) is 0 Å². The predicted molar refractivity (Wildman–Crippen MR) is 70.6 cm³/mol. The highest BCUT2D eigenvalue weighted by atomic mass is 79.9. The van der Waals surface area contributed by atoms with Crippen LogP contribution in [0, 0.1) is 5.41 Å². The number of amides is 1. The lowest BCUT2D eigenvalue weighted by Gasteiger charge is -2.31. The smallest absolute Gasteiger partial charge is 0.231 e. The van der Waals surface area contributed by atoms with Crippen molar-refractivity contribution in [2.24, 2.45) is 5.41 Å². The van der Waals surface area contributed by atoms with Crippen LogP contribution >= 0.6 is 15.9 Å². The molecule has 0 saturated carbocycles. The van der Waals surface area contributed by atoms with E-state index in [1.54, 1.807) is 0 Å². The van der Waals surface area contributed by atoms with Crippen molar-refractivity contribution in [3.05, 3.63) is 35.9 Å². The second-order valence-corrected chi connectivity index (χ2v) is 5.47. The third-order valence-electron chi connectivity index (χ3n) is 2.43. The van der Waals surface area contributed by atoms with E-state index in [0.29, 0.717) is 5.33 Å². The van der Waals surface area contributed by atoms with Crippen molar-refractivity contribution in [1.82, 2.24) is 5.32 Å². The fraction of sp³-hybridized carbons (Fsp3) is 0.462. The van der Waals surface area contributed by atoms with Crippen LogP contribution < -0.4 is 5.32 Å². The van der Waals surface area contributed by atoms with Crippen molar-refractivity contribution in [2.75, 3.05) is 5.33 Å². The van der Waals surface area contributed by atoms with Gasteiger partial charge in [-0.1, -0.05) is 67.0 Å². The van der Waals surface area contributed by atoms with Crippen LogP contribution in [0.1, 0.15) is 32.4 Å². The van der Waals surface area contributed by atoms with Crippen LogP contribution in [-0.4, -0.2) is 11.2 Å². The molecule has 3 heteroatoms. The maximum atomic E-state index is 11.5. The van der Waals surface area contributed by atoms with Crippen molar-refractivity contribution >= 4 is 21.8 Å². The average molecular weight is 284 g/mol. The van der Waals surface area contributed by atoms with E-state index in [1.807, 2.05) is 30.3 Å². The Labute approximate surface area is 106 Å². The first-order valence-electron chi connectivity index (χ1n) is 5.35. The zero-order chi connectivity index (χ0) is 12.2. The zero-order valence-electron chi connectivity index (χ0n) is 9.96. The Hall–Kier alpha value is -0.830. The van der Waals surface area contributed by atoms with Gasteiger partial charge >= 0.3 is 0 Å². The molecule has 0 aliphatic heterocycles. The number of nitrogens with one attached hydrogen (secondary N) is 1. The second kappa shape index (κ2) is 5.48. The molecule has 16 heavy (non-hydrogen) atoms. The highest BCUT2D eigenvalue weighted by molar-refractivity contribution is 9.09. The van der Waals surface area contributed by atoms with Crippen molar-refractivity contribution in [3.8, 4) is 0 Å². The molecule has 0 heterocycles. The monoisotopic (exact) mass is 283 g/mol. The molecule has 0 aromatic heterocycles. The molecule has 0 aliphatic rings. The van der Waals surface area contributed by atoms with Gasteiger partial charge in [0, 0.05) is 0 Å². The lowest BCUT2D eigenvalue weighted by molar-refractivity contribution is -0.120. The largest absolute Gasteiger partial charge is 0.348 e. The number of rotatable bonds is 3. The van der Waals surface area contributed by atoms with Crippen LogP contribution in [0.5, 0.6) is 0 Å². The number of carbonyl (C=O) groups is 1. The van der Waals surface area contributed by atoms with Crippen molar-refractivity contribution in [2.45, 2.75) is 26.8 Å². The molecule has 1 N–H and O–H groups in total. The van der Waals surface area contributed by atoms with Gasteiger partial charge in [0.15, 0.2) is 0 Å². The molecule has 1 atom stereocenters. The Morgan fingerprint density at radius 3 is 2.31 bits per heavy atom. The molecule has 1 rings (SSSR count). The maximum absolute atomic E-state index is 11.5. The van der Waals surface area contributed by atoms with Gasteiger partial charge in [-0.25, -0.2) is 0 Å². The molecule has 0 radical (unpaired) electrons. The van der Waals surface area contributed by atoms with Gasteiger partial charge in [0.25, 0.3) is 0 Å². The number of hydrogen-bond donors (Lipinski definition) is 1. The Bertz CT molecular complexity index is 343. The lowest BCUT2D eigenvalue weighted by Crippen LogP contribution is -2.37. The third-order valence-corrected chi connectivity index (χ3v) is 2.93. The number of alkyl halides is 1. The molecule has 0 spiro atoms. The minimum Gasteiger partial charge on any atom is -0.348 e. The molecule has 0 bridgehead atoms. The van der Waals surface area contributed by atoms with Gasteiger partial charge in [-0.15, -0.1) is 0 Å². The summed E-state index contributed by atoms with van der Waals surface area (Å²) < 4.78 is 0. The molecule has 0 fully saturated rings. The minimum absolute atomic E-state index is 0.000810. The van der Waals surface area contributed by atoms with Crippen LogP contribution in [0.2, 0.25) is 0 Å². The summed E-state index contributed by atoms with van der Waals surface area (Å²) in [5.74, 6) is 0.0174. The molecule has 0 saturated heterocycles. The summed E-state index contributed by atoms with van der Waals surface area (Å²) in [4.78, 5) is 11.5. The SMILES string of the molecule is CC(C)(C)[C@H](NC(=O)CBr)c1ccccc1. The lowest BCUT2D eigenvalue weighted by atomic mass is 9.82. The van der Waals surface area contributed by atoms with Gasteiger partial charge in [0.2, 0.25) is 5.91 Å². The number of benzene rings is 1. The molecule has 2 nitrogen and oxygen atoms in total. The van der Waals surface area contributed by atoms with Gasteiger partial charge in [-0.3, -0.25) is 4.79 Å². The zero-order valence-corrected chi connectivity index (χ0v) is 11.5. The van der Waals surface area contributed by atoms with Gasteiger partial charge in [-0.05, 0) is 11.0 Å². The van der Waals surface area contributed by atoms with E-state index in [2.05, 4.69) is 42.0 Å². The topological polar surface area (TPSA) is 29.1 Å². The summed E-state index contributed by atoms with van der Waals surface area (Å²) in [6, 6.07) is 10.1. The van der Waals surface area contributed by atoms with E-state index in [9.17, 15) is 4.79 Å². The fourth-order valence-corrected chi connectivity index (χ4v) is 1.81. The van der Waals surface area contributed by atoms with Crippen LogP contribution in [0.25, 0.3) is 0 Å². The summed E-state index contributed by atoms with van der Waals surface area (Å²) in [7, 11) is 0. The van der Waals surface area contributed by atoms with Crippen LogP contribution in [0.15, 0.2) is 30.3 Å². The van der Waals surface area contributed by atoms with E-state index in [-0.39, 0.29) is 17.4 Å². The number of hydrogen-bond acceptors (Lipinski definition) is 1. The average Bonchev–Trinajstić information content (AvgIpc) is 2.25. The van der Waals surface area contributed by atoms with Gasteiger partial charge < -0.3 is 5.32 Å². The number of halogens is 1. The van der Waals surface area contributed by atoms with E-state index in [0.717, 1.165) is 5.56 Å². The Morgan fingerprint density at radius 1 is 1.31 bits per heavy atom. The highest BCUT2D eigenvalue weighted by Crippen LogP contribution is 2.32.